The van der Waals surface area contributed by atoms with Crippen molar-refractivity contribution in [2.45, 2.75) is 12.8 Å². The first-order valence-electron chi connectivity index (χ1n) is 9.57. The topological polar surface area (TPSA) is 82.5 Å². The Bertz CT molecular complexity index is 1330. The minimum Gasteiger partial charge on any atom is -0.367 e. The fourth-order valence-electron chi connectivity index (χ4n) is 3.92. The molecule has 0 spiro atoms. The maximum Gasteiger partial charge on any atom is 0.261 e. The third-order valence-corrected chi connectivity index (χ3v) is 5.32. The summed E-state index contributed by atoms with van der Waals surface area (Å²) in [5, 5.41) is 7.11. The van der Waals surface area contributed by atoms with Crippen molar-refractivity contribution < 1.29 is 13.6 Å². The summed E-state index contributed by atoms with van der Waals surface area (Å²) in [5.41, 5.74) is 0.382. The zero-order valence-corrected chi connectivity index (χ0v) is 15.8. The van der Waals surface area contributed by atoms with E-state index in [-0.39, 0.29) is 28.1 Å². The van der Waals surface area contributed by atoms with Gasteiger partial charge in [0.15, 0.2) is 11.6 Å². The number of halogens is 2. The van der Waals surface area contributed by atoms with Gasteiger partial charge in [-0.1, -0.05) is 12.1 Å². The lowest BCUT2D eigenvalue weighted by Gasteiger charge is -2.19. The Labute approximate surface area is 168 Å². The smallest absolute Gasteiger partial charge is 0.261 e. The molecule has 0 saturated carbocycles. The number of aromatic amines is 1. The Hall–Kier alpha value is -3.75. The van der Waals surface area contributed by atoms with Gasteiger partial charge in [0.2, 0.25) is 0 Å². The van der Waals surface area contributed by atoms with Crippen molar-refractivity contribution in [3.05, 3.63) is 70.1 Å². The van der Waals surface area contributed by atoms with Crippen LogP contribution in [0.3, 0.4) is 0 Å². The van der Waals surface area contributed by atoms with Crippen molar-refractivity contribution in [3.63, 3.8) is 0 Å². The molecule has 0 bridgehead atoms. The van der Waals surface area contributed by atoms with Crippen molar-refractivity contribution in [3.8, 4) is 0 Å². The van der Waals surface area contributed by atoms with E-state index in [1.807, 2.05) is 0 Å². The van der Waals surface area contributed by atoms with Crippen molar-refractivity contribution in [1.82, 2.24) is 14.6 Å². The maximum absolute atomic E-state index is 14.5. The first kappa shape index (κ1) is 18.3. The summed E-state index contributed by atoms with van der Waals surface area (Å²) in [7, 11) is 0. The van der Waals surface area contributed by atoms with Gasteiger partial charge in [-0.3, -0.25) is 9.59 Å². The lowest BCUT2D eigenvalue weighted by atomic mass is 10.2. The zero-order chi connectivity index (χ0) is 20.8. The summed E-state index contributed by atoms with van der Waals surface area (Å²) in [5.74, 6) is -2.10. The largest absolute Gasteiger partial charge is 0.367 e. The number of carbonyl (C=O) groups excluding carboxylic acids is 1. The number of amides is 1. The number of anilines is 2. The first-order valence-corrected chi connectivity index (χ1v) is 9.57. The van der Waals surface area contributed by atoms with Gasteiger partial charge in [0.1, 0.15) is 16.9 Å². The second-order valence-corrected chi connectivity index (χ2v) is 7.23. The van der Waals surface area contributed by atoms with E-state index in [0.29, 0.717) is 24.0 Å². The highest BCUT2D eigenvalue weighted by atomic mass is 19.1. The number of H-pyrrole nitrogens is 1. The van der Waals surface area contributed by atoms with Crippen LogP contribution in [0.5, 0.6) is 0 Å². The number of nitrogens with one attached hydrogen (secondary N) is 2. The minimum absolute atomic E-state index is 0.0135. The Morgan fingerprint density at radius 2 is 1.80 bits per heavy atom. The van der Waals surface area contributed by atoms with Gasteiger partial charge in [0.25, 0.3) is 11.5 Å². The molecule has 0 atom stereocenters. The average Bonchev–Trinajstić information content (AvgIpc) is 3.38. The van der Waals surface area contributed by atoms with E-state index in [9.17, 15) is 18.4 Å². The number of para-hydroxylation sites is 1. The molecule has 2 aromatic heterocycles. The molecule has 5 rings (SSSR count). The van der Waals surface area contributed by atoms with E-state index >= 15 is 0 Å². The van der Waals surface area contributed by atoms with Crippen LogP contribution < -0.4 is 15.8 Å². The molecule has 152 valence electrons. The van der Waals surface area contributed by atoms with Crippen LogP contribution in [-0.4, -0.2) is 33.6 Å². The molecule has 3 heterocycles. The third kappa shape index (κ3) is 2.90. The zero-order valence-electron chi connectivity index (χ0n) is 15.8. The number of hydrogen-bond acceptors (Lipinski definition) is 4. The monoisotopic (exact) mass is 409 g/mol. The van der Waals surface area contributed by atoms with E-state index in [1.165, 1.54) is 10.7 Å². The SMILES string of the molecule is O=C(Nc1cc(F)c(N2CCCC2)c(F)c1)c1cnn2c1[nH]c(=O)c1ccccc12. The predicted molar refractivity (Wildman–Crippen MR) is 109 cm³/mol. The lowest BCUT2D eigenvalue weighted by Crippen LogP contribution is -2.21. The van der Waals surface area contributed by atoms with Crippen LogP contribution in [0.4, 0.5) is 20.2 Å². The number of rotatable bonds is 3. The normalized spacial score (nSPS) is 14.0. The van der Waals surface area contributed by atoms with Crippen LogP contribution in [0, 0.1) is 11.6 Å². The standard InChI is InChI=1S/C21H17F2N5O2/c22-15-9-12(10-16(23)18(15)27-7-3-4-8-27)25-21(30)14-11-24-28-17-6-2-1-5-13(17)20(29)26-19(14)28/h1-2,5-6,9-11H,3-4,7-8H2,(H,25,30)(H,26,29). The van der Waals surface area contributed by atoms with E-state index < -0.39 is 17.5 Å². The maximum atomic E-state index is 14.5. The summed E-state index contributed by atoms with van der Waals surface area (Å²) < 4.78 is 30.5. The van der Waals surface area contributed by atoms with E-state index in [4.69, 9.17) is 0 Å². The summed E-state index contributed by atoms with van der Waals surface area (Å²) in [6.45, 7) is 1.20. The van der Waals surface area contributed by atoms with Crippen molar-refractivity contribution in [1.29, 1.82) is 0 Å². The minimum atomic E-state index is -0.730. The van der Waals surface area contributed by atoms with Crippen LogP contribution in [0.1, 0.15) is 23.2 Å². The second kappa shape index (κ2) is 6.94. The van der Waals surface area contributed by atoms with E-state index in [2.05, 4.69) is 15.4 Å². The molecule has 7 nitrogen and oxygen atoms in total. The lowest BCUT2D eigenvalue weighted by molar-refractivity contribution is 0.102. The molecule has 1 fully saturated rings. The van der Waals surface area contributed by atoms with Gasteiger partial charge in [0.05, 0.1) is 17.1 Å². The van der Waals surface area contributed by atoms with Gasteiger partial charge in [-0.25, -0.2) is 13.3 Å². The third-order valence-electron chi connectivity index (χ3n) is 5.32. The van der Waals surface area contributed by atoms with Crippen molar-refractivity contribution in [2.24, 2.45) is 0 Å². The Morgan fingerprint density at radius 1 is 1.10 bits per heavy atom. The number of carbonyl (C=O) groups is 1. The number of hydrogen-bond donors (Lipinski definition) is 2. The van der Waals surface area contributed by atoms with Gasteiger partial charge < -0.3 is 15.2 Å². The molecule has 1 saturated heterocycles. The Balaban J connectivity index is 1.50. The Morgan fingerprint density at radius 3 is 2.53 bits per heavy atom. The molecule has 30 heavy (non-hydrogen) atoms. The highest BCUT2D eigenvalue weighted by Gasteiger charge is 2.22. The average molecular weight is 409 g/mol. The summed E-state index contributed by atoms with van der Waals surface area (Å²) >= 11 is 0. The molecule has 2 aromatic carbocycles. The fourth-order valence-corrected chi connectivity index (χ4v) is 3.92. The molecule has 1 aliphatic rings. The van der Waals surface area contributed by atoms with Gasteiger partial charge in [-0.05, 0) is 37.1 Å². The molecular formula is C21H17F2N5O2. The Kier molecular flexibility index (Phi) is 4.23. The molecule has 0 radical (unpaired) electrons. The molecule has 0 unspecified atom stereocenters. The van der Waals surface area contributed by atoms with Crippen LogP contribution in [0.15, 0.2) is 47.4 Å². The highest BCUT2D eigenvalue weighted by molar-refractivity contribution is 6.08. The molecule has 9 heteroatoms. The summed E-state index contributed by atoms with van der Waals surface area (Å²) in [6.07, 6.45) is 3.08. The number of benzene rings is 2. The molecular weight excluding hydrogens is 392 g/mol. The predicted octanol–water partition coefficient (Wildman–Crippen LogP) is 3.31. The van der Waals surface area contributed by atoms with Gasteiger partial charge >= 0.3 is 0 Å². The molecule has 2 N–H and O–H groups in total. The summed E-state index contributed by atoms with van der Waals surface area (Å²) in [6, 6.07) is 9.05. The quantitative estimate of drug-likeness (QED) is 0.544. The molecule has 1 amide bonds. The summed E-state index contributed by atoms with van der Waals surface area (Å²) in [4.78, 5) is 29.4. The number of aromatic nitrogens is 3. The number of fused-ring (bicyclic) bond motifs is 3. The molecule has 0 aliphatic carbocycles. The van der Waals surface area contributed by atoms with Crippen LogP contribution in [-0.2, 0) is 0 Å². The van der Waals surface area contributed by atoms with Crippen LogP contribution in [0.2, 0.25) is 0 Å². The van der Waals surface area contributed by atoms with Crippen molar-refractivity contribution >= 4 is 33.8 Å². The fraction of sp³-hybridized carbons (Fsp3) is 0.190. The highest BCUT2D eigenvalue weighted by Crippen LogP contribution is 2.30. The van der Waals surface area contributed by atoms with Gasteiger partial charge in [0, 0.05) is 18.8 Å². The van der Waals surface area contributed by atoms with Gasteiger partial charge in [-0.2, -0.15) is 5.10 Å². The molecule has 4 aromatic rings. The first-order chi connectivity index (χ1) is 14.5. The van der Waals surface area contributed by atoms with Crippen LogP contribution in [0.25, 0.3) is 16.6 Å². The van der Waals surface area contributed by atoms with E-state index in [1.54, 1.807) is 29.2 Å². The van der Waals surface area contributed by atoms with E-state index in [0.717, 1.165) is 25.0 Å². The number of nitrogens with zero attached hydrogens (tertiary/aromatic N) is 3. The van der Waals surface area contributed by atoms with Crippen LogP contribution >= 0.6 is 0 Å². The second-order valence-electron chi connectivity index (χ2n) is 7.23. The molecule has 1 aliphatic heterocycles. The van der Waals surface area contributed by atoms with Crippen molar-refractivity contribution in [2.75, 3.05) is 23.3 Å². The van der Waals surface area contributed by atoms with Gasteiger partial charge in [-0.15, -0.1) is 0 Å².